The minimum Gasteiger partial charge on any atom is -0.396 e. The molecule has 0 aliphatic rings. The lowest BCUT2D eigenvalue weighted by Crippen LogP contribution is -2.17. The van der Waals surface area contributed by atoms with Gasteiger partial charge in [-0.25, -0.2) is 18.5 Å². The fourth-order valence-electron chi connectivity index (χ4n) is 3.38. The topological polar surface area (TPSA) is 121 Å². The third kappa shape index (κ3) is 4.06. The molecule has 4 aromatic rings. The van der Waals surface area contributed by atoms with Crippen LogP contribution in [0.4, 0.5) is 18.9 Å². The molecule has 0 aliphatic carbocycles. The number of sulfonamides is 1. The summed E-state index contributed by atoms with van der Waals surface area (Å²) in [6, 6.07) is 13.6. The van der Waals surface area contributed by atoms with Crippen LogP contribution in [0.1, 0.15) is 15.9 Å². The standard InChI is InChI=1S/C21H14ClF3N4O3S/c22-14-8-6-12(10-16(14)33(27,31)32)20(30)29-15-9-7-13(21(23,24)25)17(26)18(15)28-19(29)11-4-2-1-3-5-11/h1-10H,26H2,(H2,27,31,32). The largest absolute Gasteiger partial charge is 0.418 e. The maximum atomic E-state index is 13.5. The zero-order valence-electron chi connectivity index (χ0n) is 16.5. The molecule has 33 heavy (non-hydrogen) atoms. The lowest BCUT2D eigenvalue weighted by molar-refractivity contribution is -0.136. The molecule has 0 aliphatic heterocycles. The number of hydrogen-bond acceptors (Lipinski definition) is 5. The number of rotatable bonds is 3. The first kappa shape index (κ1) is 22.8. The predicted octanol–water partition coefficient (Wildman–Crippen LogP) is 4.29. The molecule has 3 aromatic carbocycles. The molecule has 7 nitrogen and oxygen atoms in total. The van der Waals surface area contributed by atoms with Crippen molar-refractivity contribution in [1.82, 2.24) is 9.55 Å². The highest BCUT2D eigenvalue weighted by Crippen LogP contribution is 2.38. The summed E-state index contributed by atoms with van der Waals surface area (Å²) in [5.41, 5.74) is 4.15. The van der Waals surface area contributed by atoms with Crippen LogP contribution in [-0.2, 0) is 16.2 Å². The Morgan fingerprint density at radius 2 is 1.70 bits per heavy atom. The van der Waals surface area contributed by atoms with E-state index in [9.17, 15) is 26.4 Å². The summed E-state index contributed by atoms with van der Waals surface area (Å²) in [7, 11) is -4.25. The third-order valence-electron chi connectivity index (χ3n) is 4.89. The Morgan fingerprint density at radius 3 is 2.30 bits per heavy atom. The molecule has 0 fully saturated rings. The fraction of sp³-hybridized carbons (Fsp3) is 0.0476. The molecule has 0 unspecified atom stereocenters. The van der Waals surface area contributed by atoms with Crippen LogP contribution in [-0.4, -0.2) is 23.9 Å². The molecule has 0 bridgehead atoms. The SMILES string of the molecule is Nc1c(C(F)(F)F)ccc2c1nc(-c1ccccc1)n2C(=O)c1ccc(Cl)c(S(N)(=O)=O)c1. The normalized spacial score (nSPS) is 12.3. The molecule has 4 N–H and O–H groups in total. The summed E-state index contributed by atoms with van der Waals surface area (Å²) in [5.74, 6) is -0.745. The molecule has 170 valence electrons. The number of aromatic nitrogens is 2. The number of benzene rings is 3. The minimum absolute atomic E-state index is 0.0106. The fourth-order valence-corrected chi connectivity index (χ4v) is 4.45. The van der Waals surface area contributed by atoms with E-state index in [0.717, 1.165) is 22.8 Å². The maximum absolute atomic E-state index is 13.5. The van der Waals surface area contributed by atoms with Crippen LogP contribution < -0.4 is 10.9 Å². The number of halogens is 4. The highest BCUT2D eigenvalue weighted by atomic mass is 35.5. The van der Waals surface area contributed by atoms with E-state index in [2.05, 4.69) is 4.98 Å². The van der Waals surface area contributed by atoms with E-state index in [1.807, 2.05) is 0 Å². The molecule has 12 heteroatoms. The van der Waals surface area contributed by atoms with Crippen LogP contribution in [0.5, 0.6) is 0 Å². The number of carbonyl (C=O) groups is 1. The van der Waals surface area contributed by atoms with Gasteiger partial charge in [-0.3, -0.25) is 9.36 Å². The summed E-state index contributed by atoms with van der Waals surface area (Å²) < 4.78 is 64.8. The summed E-state index contributed by atoms with van der Waals surface area (Å²) in [4.78, 5) is 17.2. The van der Waals surface area contributed by atoms with Crippen molar-refractivity contribution in [3.05, 3.63) is 76.8 Å². The van der Waals surface area contributed by atoms with E-state index in [-0.39, 0.29) is 27.4 Å². The van der Waals surface area contributed by atoms with E-state index in [1.54, 1.807) is 30.3 Å². The number of fused-ring (bicyclic) bond motifs is 1. The first-order chi connectivity index (χ1) is 15.4. The number of nitrogens with zero attached hydrogens (tertiary/aromatic N) is 2. The number of imidazole rings is 1. The molecule has 4 rings (SSSR count). The molecule has 1 aromatic heterocycles. The second-order valence-electron chi connectivity index (χ2n) is 7.02. The quantitative estimate of drug-likeness (QED) is 0.411. The van der Waals surface area contributed by atoms with Crippen LogP contribution in [0.2, 0.25) is 5.02 Å². The van der Waals surface area contributed by atoms with Crippen molar-refractivity contribution in [3.8, 4) is 11.4 Å². The van der Waals surface area contributed by atoms with Gasteiger partial charge in [0.2, 0.25) is 10.0 Å². The Bertz CT molecular complexity index is 1520. The molecule has 0 amide bonds. The van der Waals surface area contributed by atoms with Gasteiger partial charge in [0.25, 0.3) is 5.91 Å². The lowest BCUT2D eigenvalue weighted by Gasteiger charge is -2.12. The van der Waals surface area contributed by atoms with E-state index in [0.29, 0.717) is 5.56 Å². The van der Waals surface area contributed by atoms with Crippen molar-refractivity contribution >= 4 is 44.3 Å². The minimum atomic E-state index is -4.72. The maximum Gasteiger partial charge on any atom is 0.418 e. The van der Waals surface area contributed by atoms with Gasteiger partial charge < -0.3 is 5.73 Å². The van der Waals surface area contributed by atoms with Crippen LogP contribution in [0.3, 0.4) is 0 Å². The van der Waals surface area contributed by atoms with Gasteiger partial charge >= 0.3 is 6.18 Å². The van der Waals surface area contributed by atoms with Gasteiger partial charge in [-0.15, -0.1) is 0 Å². The Kier molecular flexibility index (Phi) is 5.43. The van der Waals surface area contributed by atoms with Gasteiger partial charge in [0.15, 0.2) is 0 Å². The first-order valence-corrected chi connectivity index (χ1v) is 11.1. The molecule has 0 spiro atoms. The second-order valence-corrected chi connectivity index (χ2v) is 8.96. The average Bonchev–Trinajstić information content (AvgIpc) is 3.13. The van der Waals surface area contributed by atoms with Crippen molar-refractivity contribution < 1.29 is 26.4 Å². The zero-order valence-corrected chi connectivity index (χ0v) is 18.0. The smallest absolute Gasteiger partial charge is 0.396 e. The molecule has 0 saturated heterocycles. The highest BCUT2D eigenvalue weighted by Gasteiger charge is 2.35. The number of anilines is 1. The van der Waals surface area contributed by atoms with Gasteiger partial charge in [-0.05, 0) is 30.3 Å². The number of alkyl halides is 3. The number of primary sulfonamides is 1. The molecular formula is C21H14ClF3N4O3S. The van der Waals surface area contributed by atoms with Gasteiger partial charge in [-0.1, -0.05) is 41.9 Å². The van der Waals surface area contributed by atoms with E-state index in [1.165, 1.54) is 12.1 Å². The molecule has 0 radical (unpaired) electrons. The third-order valence-corrected chi connectivity index (χ3v) is 6.28. The Morgan fingerprint density at radius 1 is 1.03 bits per heavy atom. The summed E-state index contributed by atoms with van der Waals surface area (Å²) in [5, 5.41) is 4.98. The van der Waals surface area contributed by atoms with Crippen molar-refractivity contribution in [1.29, 1.82) is 0 Å². The van der Waals surface area contributed by atoms with Gasteiger partial charge in [0, 0.05) is 11.1 Å². The van der Waals surface area contributed by atoms with E-state index < -0.39 is 38.3 Å². The van der Waals surface area contributed by atoms with Crippen LogP contribution in [0, 0.1) is 0 Å². The van der Waals surface area contributed by atoms with Crippen LogP contribution in [0.15, 0.2) is 65.6 Å². The first-order valence-electron chi connectivity index (χ1n) is 9.20. The van der Waals surface area contributed by atoms with Gasteiger partial charge in [0.1, 0.15) is 16.2 Å². The van der Waals surface area contributed by atoms with Crippen molar-refractivity contribution in [2.45, 2.75) is 11.1 Å². The molecule has 0 saturated carbocycles. The van der Waals surface area contributed by atoms with Crippen molar-refractivity contribution in [3.63, 3.8) is 0 Å². The van der Waals surface area contributed by atoms with E-state index >= 15 is 0 Å². The Hall–Kier alpha value is -3.41. The summed E-state index contributed by atoms with van der Waals surface area (Å²) >= 11 is 5.90. The summed E-state index contributed by atoms with van der Waals surface area (Å²) in [6.07, 6.45) is -4.72. The van der Waals surface area contributed by atoms with Gasteiger partial charge in [0.05, 0.1) is 21.8 Å². The average molecular weight is 495 g/mol. The highest BCUT2D eigenvalue weighted by molar-refractivity contribution is 7.89. The zero-order chi connectivity index (χ0) is 24.1. The van der Waals surface area contributed by atoms with Crippen molar-refractivity contribution in [2.75, 3.05) is 5.73 Å². The Balaban J connectivity index is 2.02. The number of nitrogen functional groups attached to an aromatic ring is 1. The lowest BCUT2D eigenvalue weighted by atomic mass is 10.1. The molecular weight excluding hydrogens is 481 g/mol. The second kappa shape index (κ2) is 7.87. The van der Waals surface area contributed by atoms with Crippen LogP contribution in [0.25, 0.3) is 22.4 Å². The Labute approximate surface area is 190 Å². The monoisotopic (exact) mass is 494 g/mol. The predicted molar refractivity (Wildman–Crippen MR) is 117 cm³/mol. The van der Waals surface area contributed by atoms with E-state index in [4.69, 9.17) is 22.5 Å². The summed E-state index contributed by atoms with van der Waals surface area (Å²) in [6.45, 7) is 0. The number of hydrogen-bond donors (Lipinski definition) is 2. The number of nitrogens with two attached hydrogens (primary N) is 2. The van der Waals surface area contributed by atoms with Crippen molar-refractivity contribution in [2.24, 2.45) is 5.14 Å². The van der Waals surface area contributed by atoms with Gasteiger partial charge in [-0.2, -0.15) is 13.2 Å². The molecule has 1 heterocycles. The number of carbonyl (C=O) groups excluding carboxylic acids is 1. The van der Waals surface area contributed by atoms with Crippen LogP contribution >= 0.6 is 11.6 Å². The molecule has 0 atom stereocenters.